The Kier molecular flexibility index (Phi) is 3.66. The maximum Gasteiger partial charge on any atom is 0.321 e. The van der Waals surface area contributed by atoms with Gasteiger partial charge in [0.2, 0.25) is 0 Å². The van der Waals surface area contributed by atoms with Gasteiger partial charge in [0.05, 0.1) is 6.61 Å². The number of hydrogen-bond acceptors (Lipinski definition) is 4. The van der Waals surface area contributed by atoms with Crippen LogP contribution in [-0.2, 0) is 9.53 Å². The molecule has 0 radical (unpaired) electrons. The van der Waals surface area contributed by atoms with E-state index in [1.807, 2.05) is 0 Å². The predicted octanol–water partition coefficient (Wildman–Crippen LogP) is 1.64. The summed E-state index contributed by atoms with van der Waals surface area (Å²) in [5, 5.41) is 6.34. The molecule has 1 N–H and O–H groups in total. The molecule has 0 bridgehead atoms. The molecule has 0 amide bonds. The summed E-state index contributed by atoms with van der Waals surface area (Å²) in [5.41, 5.74) is 0.603. The smallest absolute Gasteiger partial charge is 0.321 e. The summed E-state index contributed by atoms with van der Waals surface area (Å²) in [5.74, 6) is -1.15. The van der Waals surface area contributed by atoms with Crippen LogP contribution >= 0.6 is 0 Å². The zero-order valence-electron chi connectivity index (χ0n) is 9.76. The topological polar surface area (TPSA) is 67.9 Å². The van der Waals surface area contributed by atoms with E-state index in [1.54, 1.807) is 6.92 Å². The van der Waals surface area contributed by atoms with Gasteiger partial charge < -0.3 is 4.74 Å². The van der Waals surface area contributed by atoms with E-state index in [2.05, 4.69) is 15.2 Å². The molecule has 0 fully saturated rings. The summed E-state index contributed by atoms with van der Waals surface area (Å²) in [6.07, 6.45) is 1.31. The Morgan fingerprint density at radius 2 is 2.17 bits per heavy atom. The molecule has 1 aromatic heterocycles. The lowest BCUT2D eigenvalue weighted by atomic mass is 9.98. The Labute approximate surface area is 103 Å². The Bertz CT molecular complexity index is 511. The van der Waals surface area contributed by atoms with Crippen molar-refractivity contribution in [3.8, 4) is 0 Å². The van der Waals surface area contributed by atoms with Gasteiger partial charge in [0, 0.05) is 0 Å². The molecule has 0 aliphatic heterocycles. The third-order valence-electron chi connectivity index (χ3n) is 2.43. The van der Waals surface area contributed by atoms with Gasteiger partial charge in [-0.15, -0.1) is 0 Å². The molecular weight excluding hydrogens is 237 g/mol. The molecular formula is C12H12FN3O2. The molecule has 0 spiro atoms. The molecule has 0 saturated heterocycles. The van der Waals surface area contributed by atoms with Crippen molar-refractivity contribution in [2.24, 2.45) is 0 Å². The summed E-state index contributed by atoms with van der Waals surface area (Å²) >= 11 is 0. The van der Waals surface area contributed by atoms with Crippen LogP contribution in [0.2, 0.25) is 0 Å². The van der Waals surface area contributed by atoms with Crippen molar-refractivity contribution in [2.75, 3.05) is 6.61 Å². The minimum atomic E-state index is -0.715. The number of carbonyl (C=O) groups excluding carboxylic acids is 1. The number of hydrogen-bond donors (Lipinski definition) is 1. The average molecular weight is 249 g/mol. The predicted molar refractivity (Wildman–Crippen MR) is 61.3 cm³/mol. The van der Waals surface area contributed by atoms with Crippen molar-refractivity contribution in [1.82, 2.24) is 15.2 Å². The molecule has 6 heteroatoms. The summed E-state index contributed by atoms with van der Waals surface area (Å²) in [6, 6.07) is 5.63. The fourth-order valence-corrected chi connectivity index (χ4v) is 1.64. The molecule has 2 aromatic rings. The highest BCUT2D eigenvalue weighted by Crippen LogP contribution is 2.23. The first-order chi connectivity index (χ1) is 8.72. The first-order valence-corrected chi connectivity index (χ1v) is 5.49. The van der Waals surface area contributed by atoms with E-state index in [9.17, 15) is 9.18 Å². The number of ether oxygens (including phenoxy) is 1. The first kappa shape index (κ1) is 12.2. The maximum absolute atomic E-state index is 12.9. The van der Waals surface area contributed by atoms with E-state index in [1.165, 1.54) is 30.6 Å². The monoisotopic (exact) mass is 249 g/mol. The van der Waals surface area contributed by atoms with Crippen LogP contribution in [0.4, 0.5) is 4.39 Å². The number of benzene rings is 1. The fraction of sp³-hybridized carbons (Fsp3) is 0.250. The lowest BCUT2D eigenvalue weighted by molar-refractivity contribution is -0.144. The third-order valence-corrected chi connectivity index (χ3v) is 2.43. The highest BCUT2D eigenvalue weighted by Gasteiger charge is 2.26. The highest BCUT2D eigenvalue weighted by molar-refractivity contribution is 5.81. The van der Waals surface area contributed by atoms with E-state index in [4.69, 9.17) is 4.74 Å². The van der Waals surface area contributed by atoms with Crippen LogP contribution in [0.15, 0.2) is 30.6 Å². The number of aromatic amines is 1. The molecule has 1 heterocycles. The molecule has 1 aromatic carbocycles. The standard InChI is InChI=1S/C12H12FN3O2/c1-2-18-12(17)10(11-14-7-15-16-11)8-3-5-9(13)6-4-8/h3-7,10H,2H2,1H3,(H,14,15,16). The van der Waals surface area contributed by atoms with Gasteiger partial charge in [-0.25, -0.2) is 9.37 Å². The molecule has 5 nitrogen and oxygen atoms in total. The van der Waals surface area contributed by atoms with Crippen LogP contribution < -0.4 is 0 Å². The maximum atomic E-state index is 12.9. The number of halogens is 1. The van der Waals surface area contributed by atoms with E-state index in [0.29, 0.717) is 11.4 Å². The molecule has 0 aliphatic carbocycles. The van der Waals surface area contributed by atoms with E-state index < -0.39 is 11.9 Å². The zero-order chi connectivity index (χ0) is 13.0. The largest absolute Gasteiger partial charge is 0.465 e. The van der Waals surface area contributed by atoms with Crippen molar-refractivity contribution in [3.63, 3.8) is 0 Å². The van der Waals surface area contributed by atoms with E-state index in [0.717, 1.165) is 0 Å². The Morgan fingerprint density at radius 3 is 2.72 bits per heavy atom. The van der Waals surface area contributed by atoms with Gasteiger partial charge >= 0.3 is 5.97 Å². The van der Waals surface area contributed by atoms with Crippen LogP contribution in [0.5, 0.6) is 0 Å². The van der Waals surface area contributed by atoms with Gasteiger partial charge in [0.15, 0.2) is 0 Å². The summed E-state index contributed by atoms with van der Waals surface area (Å²) in [6.45, 7) is 1.99. The highest BCUT2D eigenvalue weighted by atomic mass is 19.1. The summed E-state index contributed by atoms with van der Waals surface area (Å²) in [4.78, 5) is 15.9. The van der Waals surface area contributed by atoms with Gasteiger partial charge in [-0.1, -0.05) is 12.1 Å². The van der Waals surface area contributed by atoms with Crippen LogP contribution in [0.25, 0.3) is 0 Å². The van der Waals surface area contributed by atoms with Gasteiger partial charge in [-0.2, -0.15) is 5.10 Å². The number of rotatable bonds is 4. The lowest BCUT2D eigenvalue weighted by Crippen LogP contribution is -2.18. The first-order valence-electron chi connectivity index (χ1n) is 5.49. The molecule has 0 aliphatic rings. The third kappa shape index (κ3) is 2.53. The Hall–Kier alpha value is -2.24. The molecule has 94 valence electrons. The van der Waals surface area contributed by atoms with Gasteiger partial charge in [-0.05, 0) is 24.6 Å². The Morgan fingerprint density at radius 1 is 1.44 bits per heavy atom. The normalized spacial score (nSPS) is 12.1. The van der Waals surface area contributed by atoms with E-state index in [-0.39, 0.29) is 12.4 Å². The second kappa shape index (κ2) is 5.39. The Balaban J connectivity index is 2.36. The number of carbonyl (C=O) groups is 1. The van der Waals surface area contributed by atoms with Crippen LogP contribution in [0.3, 0.4) is 0 Å². The SMILES string of the molecule is CCOC(=O)C(c1ccc(F)cc1)c1ncn[nH]1. The van der Waals surface area contributed by atoms with E-state index >= 15 is 0 Å². The molecule has 0 saturated carbocycles. The number of nitrogens with one attached hydrogen (secondary N) is 1. The van der Waals surface area contributed by atoms with Crippen LogP contribution in [0.1, 0.15) is 24.2 Å². The molecule has 1 atom stereocenters. The number of nitrogens with zero attached hydrogens (tertiary/aromatic N) is 2. The molecule has 1 unspecified atom stereocenters. The second-order valence-corrected chi connectivity index (χ2v) is 3.61. The van der Waals surface area contributed by atoms with Gasteiger partial charge in [0.1, 0.15) is 23.9 Å². The quantitative estimate of drug-likeness (QED) is 0.836. The average Bonchev–Trinajstić information content (AvgIpc) is 2.86. The van der Waals surface area contributed by atoms with Crippen molar-refractivity contribution in [2.45, 2.75) is 12.8 Å². The van der Waals surface area contributed by atoms with Gasteiger partial charge in [0.25, 0.3) is 0 Å². The number of H-pyrrole nitrogens is 1. The van der Waals surface area contributed by atoms with Crippen molar-refractivity contribution in [1.29, 1.82) is 0 Å². The fourth-order valence-electron chi connectivity index (χ4n) is 1.64. The minimum Gasteiger partial charge on any atom is -0.465 e. The number of aromatic nitrogens is 3. The zero-order valence-corrected chi connectivity index (χ0v) is 9.76. The summed E-state index contributed by atoms with van der Waals surface area (Å²) in [7, 11) is 0. The van der Waals surface area contributed by atoms with Crippen LogP contribution in [0, 0.1) is 5.82 Å². The van der Waals surface area contributed by atoms with Crippen molar-refractivity contribution < 1.29 is 13.9 Å². The van der Waals surface area contributed by atoms with Crippen molar-refractivity contribution >= 4 is 5.97 Å². The number of esters is 1. The van der Waals surface area contributed by atoms with Gasteiger partial charge in [-0.3, -0.25) is 9.89 Å². The van der Waals surface area contributed by atoms with Crippen molar-refractivity contribution in [3.05, 3.63) is 47.8 Å². The second-order valence-electron chi connectivity index (χ2n) is 3.61. The summed E-state index contributed by atoms with van der Waals surface area (Å²) < 4.78 is 17.9. The van der Waals surface area contributed by atoms with Crippen LogP contribution in [-0.4, -0.2) is 27.8 Å². The molecule has 2 rings (SSSR count). The molecule has 18 heavy (non-hydrogen) atoms. The minimum absolute atomic E-state index is 0.269. The lowest BCUT2D eigenvalue weighted by Gasteiger charge is -2.13.